The Balaban J connectivity index is 1.85. The summed E-state index contributed by atoms with van der Waals surface area (Å²) in [5.74, 6) is 0.879. The molecule has 1 aliphatic heterocycles. The topological polar surface area (TPSA) is 52.0 Å². The second kappa shape index (κ2) is 5.48. The van der Waals surface area contributed by atoms with Crippen molar-refractivity contribution in [3.8, 4) is 11.4 Å². The Labute approximate surface area is 125 Å². The van der Waals surface area contributed by atoms with Gasteiger partial charge in [-0.25, -0.2) is 0 Å². The number of nitrogens with zero attached hydrogens (tertiary/aromatic N) is 3. The maximum absolute atomic E-state index is 5.79. The average molecular weight is 286 g/mol. The fourth-order valence-corrected chi connectivity index (χ4v) is 2.91. The van der Waals surface area contributed by atoms with Crippen molar-refractivity contribution in [1.82, 2.24) is 14.8 Å². The van der Waals surface area contributed by atoms with Gasteiger partial charge in [0.05, 0.1) is 5.60 Å². The number of anilines is 1. The van der Waals surface area contributed by atoms with Crippen molar-refractivity contribution >= 4 is 5.69 Å². The standard InChI is InChI=1S/C16H22N4O/c1-16(2)10-12(8-9-21-16)18-14-7-5-4-6-13(14)15-19-17-11-20(15)3/h4-7,11-12,18H,8-10H2,1-3H3. The number of hydrogen-bond donors (Lipinski definition) is 1. The first-order valence-electron chi connectivity index (χ1n) is 7.39. The summed E-state index contributed by atoms with van der Waals surface area (Å²) in [7, 11) is 1.96. The molecule has 0 saturated carbocycles. The fraction of sp³-hybridized carbons (Fsp3) is 0.500. The highest BCUT2D eigenvalue weighted by molar-refractivity contribution is 5.73. The van der Waals surface area contributed by atoms with Gasteiger partial charge in [-0.15, -0.1) is 10.2 Å². The molecule has 112 valence electrons. The van der Waals surface area contributed by atoms with Gasteiger partial charge in [0.25, 0.3) is 0 Å². The lowest BCUT2D eigenvalue weighted by Crippen LogP contribution is -2.40. The van der Waals surface area contributed by atoms with E-state index < -0.39 is 0 Å². The summed E-state index contributed by atoms with van der Waals surface area (Å²) in [5.41, 5.74) is 2.13. The summed E-state index contributed by atoms with van der Waals surface area (Å²) in [6.07, 6.45) is 3.75. The highest BCUT2D eigenvalue weighted by Gasteiger charge is 2.29. The molecule has 1 aromatic carbocycles. The minimum atomic E-state index is -0.0599. The van der Waals surface area contributed by atoms with Crippen LogP contribution in [0.15, 0.2) is 30.6 Å². The van der Waals surface area contributed by atoms with Gasteiger partial charge in [0.1, 0.15) is 6.33 Å². The minimum Gasteiger partial charge on any atom is -0.382 e. The van der Waals surface area contributed by atoms with Crippen molar-refractivity contribution in [3.63, 3.8) is 0 Å². The van der Waals surface area contributed by atoms with E-state index in [-0.39, 0.29) is 5.60 Å². The van der Waals surface area contributed by atoms with Gasteiger partial charge < -0.3 is 14.6 Å². The first kappa shape index (κ1) is 14.1. The third-order valence-corrected chi connectivity index (χ3v) is 3.94. The monoisotopic (exact) mass is 286 g/mol. The molecule has 1 aliphatic rings. The lowest BCUT2D eigenvalue weighted by Gasteiger charge is -2.36. The number of para-hydroxylation sites is 1. The van der Waals surface area contributed by atoms with Crippen LogP contribution in [-0.4, -0.2) is 33.0 Å². The molecule has 1 unspecified atom stereocenters. The maximum Gasteiger partial charge on any atom is 0.165 e. The van der Waals surface area contributed by atoms with Crippen LogP contribution in [0.3, 0.4) is 0 Å². The molecule has 1 N–H and O–H groups in total. The van der Waals surface area contributed by atoms with Crippen LogP contribution in [0.4, 0.5) is 5.69 Å². The second-order valence-corrected chi connectivity index (χ2v) is 6.25. The van der Waals surface area contributed by atoms with Gasteiger partial charge in [-0.2, -0.15) is 0 Å². The first-order chi connectivity index (χ1) is 10.1. The molecule has 2 aromatic rings. The number of rotatable bonds is 3. The average Bonchev–Trinajstić information content (AvgIpc) is 2.84. The van der Waals surface area contributed by atoms with Crippen LogP contribution >= 0.6 is 0 Å². The van der Waals surface area contributed by atoms with E-state index in [9.17, 15) is 0 Å². The molecular weight excluding hydrogens is 264 g/mol. The number of hydrogen-bond acceptors (Lipinski definition) is 4. The predicted octanol–water partition coefficient (Wildman–Crippen LogP) is 2.85. The summed E-state index contributed by atoms with van der Waals surface area (Å²) in [6.45, 7) is 5.10. The molecule has 1 atom stereocenters. The van der Waals surface area contributed by atoms with Crippen molar-refractivity contribution in [2.24, 2.45) is 7.05 Å². The van der Waals surface area contributed by atoms with Crippen molar-refractivity contribution in [2.75, 3.05) is 11.9 Å². The van der Waals surface area contributed by atoms with E-state index in [1.54, 1.807) is 6.33 Å². The van der Waals surface area contributed by atoms with Crippen LogP contribution in [0, 0.1) is 0 Å². The summed E-state index contributed by atoms with van der Waals surface area (Å²) in [6, 6.07) is 8.68. The van der Waals surface area contributed by atoms with Crippen molar-refractivity contribution in [2.45, 2.75) is 38.3 Å². The van der Waals surface area contributed by atoms with Gasteiger partial charge in [0, 0.05) is 30.9 Å². The van der Waals surface area contributed by atoms with Gasteiger partial charge in [0.2, 0.25) is 0 Å². The Bertz CT molecular complexity index is 620. The molecular formula is C16H22N4O. The normalized spacial score (nSPS) is 21.2. The lowest BCUT2D eigenvalue weighted by molar-refractivity contribution is -0.0553. The fourth-order valence-electron chi connectivity index (χ4n) is 2.91. The molecule has 0 bridgehead atoms. The van der Waals surface area contributed by atoms with Gasteiger partial charge >= 0.3 is 0 Å². The molecule has 21 heavy (non-hydrogen) atoms. The number of ether oxygens (including phenoxy) is 1. The smallest absolute Gasteiger partial charge is 0.165 e. The Hall–Kier alpha value is -1.88. The zero-order valence-electron chi connectivity index (χ0n) is 12.8. The van der Waals surface area contributed by atoms with E-state index in [1.165, 1.54) is 0 Å². The number of nitrogens with one attached hydrogen (secondary N) is 1. The summed E-state index contributed by atoms with van der Waals surface area (Å²) in [4.78, 5) is 0. The molecule has 0 amide bonds. The number of aromatic nitrogens is 3. The summed E-state index contributed by atoms with van der Waals surface area (Å²) in [5, 5.41) is 11.9. The van der Waals surface area contributed by atoms with Crippen LogP contribution in [0.2, 0.25) is 0 Å². The van der Waals surface area contributed by atoms with Crippen LogP contribution in [-0.2, 0) is 11.8 Å². The molecule has 0 aliphatic carbocycles. The summed E-state index contributed by atoms with van der Waals surface area (Å²) < 4.78 is 7.73. The highest BCUT2D eigenvalue weighted by Crippen LogP contribution is 2.30. The second-order valence-electron chi connectivity index (χ2n) is 6.25. The zero-order chi connectivity index (χ0) is 14.9. The van der Waals surface area contributed by atoms with E-state index in [0.29, 0.717) is 6.04 Å². The first-order valence-corrected chi connectivity index (χ1v) is 7.39. The molecule has 1 saturated heterocycles. The molecule has 5 nitrogen and oxygen atoms in total. The maximum atomic E-state index is 5.79. The Kier molecular flexibility index (Phi) is 3.68. The Morgan fingerprint density at radius 1 is 1.33 bits per heavy atom. The molecule has 0 spiro atoms. The van der Waals surface area contributed by atoms with E-state index >= 15 is 0 Å². The van der Waals surface area contributed by atoms with Gasteiger partial charge in [0.15, 0.2) is 5.82 Å². The number of benzene rings is 1. The van der Waals surface area contributed by atoms with E-state index in [1.807, 2.05) is 23.7 Å². The Morgan fingerprint density at radius 3 is 2.86 bits per heavy atom. The predicted molar refractivity (Wildman–Crippen MR) is 83.1 cm³/mol. The third-order valence-electron chi connectivity index (χ3n) is 3.94. The molecule has 0 radical (unpaired) electrons. The molecule has 1 aromatic heterocycles. The SMILES string of the molecule is Cn1cnnc1-c1ccccc1NC1CCOC(C)(C)C1. The van der Waals surface area contributed by atoms with E-state index in [2.05, 4.69) is 41.5 Å². The zero-order valence-corrected chi connectivity index (χ0v) is 12.8. The van der Waals surface area contributed by atoms with Gasteiger partial charge in [-0.1, -0.05) is 12.1 Å². The van der Waals surface area contributed by atoms with Crippen molar-refractivity contribution in [1.29, 1.82) is 0 Å². The number of aryl methyl sites for hydroxylation is 1. The van der Waals surface area contributed by atoms with E-state index in [4.69, 9.17) is 4.74 Å². The third kappa shape index (κ3) is 3.08. The van der Waals surface area contributed by atoms with Gasteiger partial charge in [-0.3, -0.25) is 0 Å². The van der Waals surface area contributed by atoms with Crippen molar-refractivity contribution in [3.05, 3.63) is 30.6 Å². The van der Waals surface area contributed by atoms with Crippen LogP contribution in [0.5, 0.6) is 0 Å². The van der Waals surface area contributed by atoms with E-state index in [0.717, 1.165) is 36.5 Å². The van der Waals surface area contributed by atoms with Crippen LogP contribution in [0.1, 0.15) is 26.7 Å². The quantitative estimate of drug-likeness (QED) is 0.942. The lowest BCUT2D eigenvalue weighted by atomic mass is 9.93. The minimum absolute atomic E-state index is 0.0599. The molecule has 1 fully saturated rings. The van der Waals surface area contributed by atoms with Crippen molar-refractivity contribution < 1.29 is 4.74 Å². The van der Waals surface area contributed by atoms with Gasteiger partial charge in [-0.05, 0) is 38.8 Å². The largest absolute Gasteiger partial charge is 0.382 e. The van der Waals surface area contributed by atoms with Crippen LogP contribution < -0.4 is 5.32 Å². The molecule has 2 heterocycles. The highest BCUT2D eigenvalue weighted by atomic mass is 16.5. The molecule has 5 heteroatoms. The molecule has 3 rings (SSSR count). The Morgan fingerprint density at radius 2 is 2.14 bits per heavy atom. The summed E-state index contributed by atoms with van der Waals surface area (Å²) >= 11 is 0. The van der Waals surface area contributed by atoms with Crippen LogP contribution in [0.25, 0.3) is 11.4 Å².